The van der Waals surface area contributed by atoms with Crippen LogP contribution in [0.2, 0.25) is 0 Å². The zero-order valence-corrected chi connectivity index (χ0v) is 16.4. The molecule has 2 aliphatic heterocycles. The molecule has 0 saturated carbocycles. The Morgan fingerprint density at radius 2 is 1.85 bits per heavy atom. The first-order valence-electron chi connectivity index (χ1n) is 10.1. The van der Waals surface area contributed by atoms with Gasteiger partial charge in [-0.1, -0.05) is 26.0 Å². The van der Waals surface area contributed by atoms with E-state index in [2.05, 4.69) is 5.32 Å². The van der Waals surface area contributed by atoms with E-state index in [9.17, 15) is 14.7 Å². The number of amides is 3. The summed E-state index contributed by atoms with van der Waals surface area (Å²) in [6, 6.07) is 7.44. The number of piperidine rings is 2. The lowest BCUT2D eigenvalue weighted by Crippen LogP contribution is -2.54. The van der Waals surface area contributed by atoms with Gasteiger partial charge in [-0.2, -0.15) is 0 Å². The van der Waals surface area contributed by atoms with E-state index in [1.54, 1.807) is 6.07 Å². The first-order chi connectivity index (χ1) is 12.9. The lowest BCUT2D eigenvalue weighted by Gasteiger charge is -2.37. The van der Waals surface area contributed by atoms with E-state index in [-0.39, 0.29) is 23.9 Å². The smallest absolute Gasteiger partial charge is 0.317 e. The van der Waals surface area contributed by atoms with E-state index >= 15 is 0 Å². The largest absolute Gasteiger partial charge is 0.508 e. The van der Waals surface area contributed by atoms with Crippen molar-refractivity contribution in [1.29, 1.82) is 0 Å². The first kappa shape index (κ1) is 19.5. The van der Waals surface area contributed by atoms with Gasteiger partial charge in [0.05, 0.1) is 0 Å². The van der Waals surface area contributed by atoms with Crippen LogP contribution in [0.4, 0.5) is 4.79 Å². The van der Waals surface area contributed by atoms with Crippen LogP contribution in [0, 0.1) is 5.92 Å². The second kappa shape index (κ2) is 8.63. The van der Waals surface area contributed by atoms with Gasteiger partial charge in [0.2, 0.25) is 5.91 Å². The number of likely N-dealkylation sites (tertiary alicyclic amines) is 2. The third kappa shape index (κ3) is 4.93. The molecule has 148 valence electrons. The van der Waals surface area contributed by atoms with Crippen LogP contribution in [0.3, 0.4) is 0 Å². The number of phenols is 1. The fraction of sp³-hybridized carbons (Fsp3) is 0.619. The van der Waals surface area contributed by atoms with Crippen molar-refractivity contribution in [3.8, 4) is 5.75 Å². The molecule has 2 saturated heterocycles. The van der Waals surface area contributed by atoms with E-state index in [1.165, 1.54) is 0 Å². The van der Waals surface area contributed by atoms with Gasteiger partial charge in [0.15, 0.2) is 0 Å². The molecule has 3 rings (SSSR count). The summed E-state index contributed by atoms with van der Waals surface area (Å²) < 4.78 is 0. The van der Waals surface area contributed by atoms with E-state index < -0.39 is 0 Å². The number of nitrogens with one attached hydrogen (secondary N) is 1. The fourth-order valence-electron chi connectivity index (χ4n) is 4.12. The molecule has 2 heterocycles. The molecule has 27 heavy (non-hydrogen) atoms. The lowest BCUT2D eigenvalue weighted by molar-refractivity contribution is -0.135. The van der Waals surface area contributed by atoms with Crippen molar-refractivity contribution in [2.75, 3.05) is 26.2 Å². The second-order valence-corrected chi connectivity index (χ2v) is 8.08. The number of hydrogen-bond acceptors (Lipinski definition) is 3. The second-order valence-electron chi connectivity index (χ2n) is 8.08. The Morgan fingerprint density at radius 3 is 2.52 bits per heavy atom. The number of benzene rings is 1. The fourth-order valence-corrected chi connectivity index (χ4v) is 4.12. The number of carbonyl (C=O) groups excluding carboxylic acids is 2. The summed E-state index contributed by atoms with van der Waals surface area (Å²) in [6.07, 6.45) is 3.66. The Kier molecular flexibility index (Phi) is 6.24. The molecule has 0 bridgehead atoms. The molecule has 0 unspecified atom stereocenters. The molecular weight excluding hydrogens is 342 g/mol. The number of aromatic hydroxyl groups is 1. The molecule has 1 atom stereocenters. The van der Waals surface area contributed by atoms with Crippen LogP contribution in [0.1, 0.15) is 51.0 Å². The summed E-state index contributed by atoms with van der Waals surface area (Å²) in [5.74, 6) is 0.845. The first-order valence-corrected chi connectivity index (χ1v) is 10.1. The van der Waals surface area contributed by atoms with Crippen LogP contribution in [-0.4, -0.2) is 59.1 Å². The van der Waals surface area contributed by atoms with Crippen LogP contribution >= 0.6 is 0 Å². The van der Waals surface area contributed by atoms with E-state index in [4.69, 9.17) is 0 Å². The summed E-state index contributed by atoms with van der Waals surface area (Å²) in [5.41, 5.74) is 1.14. The molecule has 0 aliphatic carbocycles. The number of rotatable bonds is 3. The van der Waals surface area contributed by atoms with Crippen molar-refractivity contribution in [3.05, 3.63) is 29.8 Å². The van der Waals surface area contributed by atoms with Crippen molar-refractivity contribution in [1.82, 2.24) is 15.1 Å². The minimum atomic E-state index is -0.0202. The summed E-state index contributed by atoms with van der Waals surface area (Å²) in [7, 11) is 0. The minimum absolute atomic E-state index is 0.00379. The molecule has 1 aromatic carbocycles. The number of urea groups is 1. The van der Waals surface area contributed by atoms with Gasteiger partial charge in [-0.05, 0) is 49.3 Å². The standard InChI is InChI=1S/C21H31N3O3/c1-15(2)20(26)24-10-4-6-18(14-24)22-21(27)23-11-8-16(9-12-23)17-5-3-7-19(25)13-17/h3,5,7,13,15-16,18,25H,4,6,8-12,14H2,1-2H3,(H,22,27)/t18-/m0/s1. The Balaban J connectivity index is 1.49. The van der Waals surface area contributed by atoms with Crippen LogP contribution in [0.5, 0.6) is 5.75 Å². The number of carbonyl (C=O) groups is 2. The van der Waals surface area contributed by atoms with Crippen molar-refractivity contribution in [2.24, 2.45) is 5.92 Å². The van der Waals surface area contributed by atoms with Crippen molar-refractivity contribution >= 4 is 11.9 Å². The zero-order valence-electron chi connectivity index (χ0n) is 16.4. The van der Waals surface area contributed by atoms with Crippen molar-refractivity contribution in [2.45, 2.75) is 51.5 Å². The molecule has 6 heteroatoms. The molecular formula is C21H31N3O3. The van der Waals surface area contributed by atoms with E-state index in [1.807, 2.05) is 41.8 Å². The summed E-state index contributed by atoms with van der Waals surface area (Å²) in [6.45, 7) is 6.67. The third-order valence-electron chi connectivity index (χ3n) is 5.68. The highest BCUT2D eigenvalue weighted by molar-refractivity contribution is 5.78. The molecule has 2 fully saturated rings. The summed E-state index contributed by atoms with van der Waals surface area (Å²) >= 11 is 0. The molecule has 2 aliphatic rings. The summed E-state index contributed by atoms with van der Waals surface area (Å²) in [5, 5.41) is 12.8. The van der Waals surface area contributed by atoms with Gasteiger partial charge >= 0.3 is 6.03 Å². The highest BCUT2D eigenvalue weighted by Gasteiger charge is 2.29. The molecule has 1 aromatic rings. The Hall–Kier alpha value is -2.24. The summed E-state index contributed by atoms with van der Waals surface area (Å²) in [4.78, 5) is 28.6. The van der Waals surface area contributed by atoms with Gasteiger partial charge in [0.25, 0.3) is 0 Å². The topological polar surface area (TPSA) is 72.9 Å². The minimum Gasteiger partial charge on any atom is -0.508 e. The number of nitrogens with zero attached hydrogens (tertiary/aromatic N) is 2. The zero-order chi connectivity index (χ0) is 19.4. The van der Waals surface area contributed by atoms with Crippen LogP contribution < -0.4 is 5.32 Å². The third-order valence-corrected chi connectivity index (χ3v) is 5.68. The molecule has 0 radical (unpaired) electrons. The van der Waals surface area contributed by atoms with Gasteiger partial charge in [-0.3, -0.25) is 4.79 Å². The maximum absolute atomic E-state index is 12.6. The van der Waals surface area contributed by atoms with Gasteiger partial charge in [0.1, 0.15) is 5.75 Å². The lowest BCUT2D eigenvalue weighted by atomic mass is 9.89. The average Bonchev–Trinajstić information content (AvgIpc) is 2.67. The Labute approximate surface area is 161 Å². The average molecular weight is 373 g/mol. The Morgan fingerprint density at radius 1 is 1.11 bits per heavy atom. The van der Waals surface area contributed by atoms with Crippen molar-refractivity contribution < 1.29 is 14.7 Å². The molecule has 0 aromatic heterocycles. The van der Waals surface area contributed by atoms with Gasteiger partial charge in [-0.25, -0.2) is 4.79 Å². The maximum atomic E-state index is 12.6. The van der Waals surface area contributed by atoms with Crippen LogP contribution in [-0.2, 0) is 4.79 Å². The Bertz CT molecular complexity index is 668. The van der Waals surface area contributed by atoms with Crippen LogP contribution in [0.15, 0.2) is 24.3 Å². The highest BCUT2D eigenvalue weighted by Crippen LogP contribution is 2.29. The predicted molar refractivity (Wildman–Crippen MR) is 105 cm³/mol. The quantitative estimate of drug-likeness (QED) is 0.856. The van der Waals surface area contributed by atoms with E-state index in [0.717, 1.165) is 37.8 Å². The molecule has 6 nitrogen and oxygen atoms in total. The maximum Gasteiger partial charge on any atom is 0.317 e. The van der Waals surface area contributed by atoms with Crippen molar-refractivity contribution in [3.63, 3.8) is 0 Å². The normalized spacial score (nSPS) is 21.4. The van der Waals surface area contributed by atoms with Gasteiger partial charge in [-0.15, -0.1) is 0 Å². The number of hydrogen-bond donors (Lipinski definition) is 2. The molecule has 3 amide bonds. The monoisotopic (exact) mass is 373 g/mol. The SMILES string of the molecule is CC(C)C(=O)N1CCC[C@H](NC(=O)N2CCC(c3cccc(O)c3)CC2)C1. The predicted octanol–water partition coefficient (Wildman–Crippen LogP) is 2.93. The van der Waals surface area contributed by atoms with Gasteiger partial charge in [0, 0.05) is 38.1 Å². The molecule has 0 spiro atoms. The van der Waals surface area contributed by atoms with E-state index in [0.29, 0.717) is 31.3 Å². The molecule has 2 N–H and O–H groups in total. The van der Waals surface area contributed by atoms with Gasteiger partial charge < -0.3 is 20.2 Å². The van der Waals surface area contributed by atoms with Crippen LogP contribution in [0.25, 0.3) is 0 Å². The highest BCUT2D eigenvalue weighted by atomic mass is 16.3. The number of phenolic OH excluding ortho intramolecular Hbond substituents is 1.